The fourth-order valence-electron chi connectivity index (χ4n) is 2.45. The Morgan fingerprint density at radius 3 is 2.71 bits per heavy atom. The molecule has 1 atom stereocenters. The molecule has 1 fully saturated rings. The molecule has 8 heteroatoms. The summed E-state index contributed by atoms with van der Waals surface area (Å²) in [5, 5.41) is 10.1. The zero-order valence-corrected chi connectivity index (χ0v) is 14.7. The summed E-state index contributed by atoms with van der Waals surface area (Å²) in [5.74, 6) is -1.37. The number of thiophene rings is 1. The van der Waals surface area contributed by atoms with E-state index in [2.05, 4.69) is 0 Å². The third-order valence-electron chi connectivity index (χ3n) is 3.70. The number of carbonyl (C=O) groups excluding carboxylic acids is 1. The van der Waals surface area contributed by atoms with Crippen molar-refractivity contribution in [3.8, 4) is 10.4 Å². The topological polar surface area (TPSA) is 66.8 Å². The monoisotopic (exact) mass is 385 g/mol. The fourth-order valence-corrected chi connectivity index (χ4v) is 3.71. The van der Waals surface area contributed by atoms with Gasteiger partial charge in [-0.15, -0.1) is 11.3 Å². The number of hydrogen-bond donors (Lipinski definition) is 1. The van der Waals surface area contributed by atoms with Crippen LogP contribution in [-0.2, 0) is 9.53 Å². The average Bonchev–Trinajstić information content (AvgIpc) is 3.06. The van der Waals surface area contributed by atoms with Gasteiger partial charge in [0.1, 0.15) is 0 Å². The molecular formula is C16H13Cl2NO4S. The number of morpholine rings is 1. The lowest BCUT2D eigenvalue weighted by molar-refractivity contribution is -0.147. The molecule has 1 saturated heterocycles. The molecule has 3 rings (SSSR count). The maximum Gasteiger partial charge on any atom is 0.328 e. The second kappa shape index (κ2) is 7.11. The number of carboxylic acids is 1. The Kier molecular flexibility index (Phi) is 5.10. The molecule has 2 aromatic rings. The molecule has 0 aliphatic carbocycles. The number of hydrogen-bond acceptors (Lipinski definition) is 4. The van der Waals surface area contributed by atoms with E-state index in [1.54, 1.807) is 18.2 Å². The van der Waals surface area contributed by atoms with Gasteiger partial charge < -0.3 is 14.7 Å². The van der Waals surface area contributed by atoms with Crippen molar-refractivity contribution in [2.24, 2.45) is 0 Å². The van der Waals surface area contributed by atoms with Gasteiger partial charge in [0.25, 0.3) is 5.91 Å². The molecule has 1 aromatic heterocycles. The lowest BCUT2D eigenvalue weighted by atomic mass is 10.2. The highest BCUT2D eigenvalue weighted by Crippen LogP contribution is 2.33. The molecule has 126 valence electrons. The summed E-state index contributed by atoms with van der Waals surface area (Å²) in [7, 11) is 0. The van der Waals surface area contributed by atoms with Crippen molar-refractivity contribution in [3.63, 3.8) is 0 Å². The van der Waals surface area contributed by atoms with E-state index >= 15 is 0 Å². The normalized spacial score (nSPS) is 17.8. The van der Waals surface area contributed by atoms with Crippen LogP contribution in [-0.4, -0.2) is 47.7 Å². The Hall–Kier alpha value is -1.60. The Morgan fingerprint density at radius 1 is 1.21 bits per heavy atom. The second-order valence-electron chi connectivity index (χ2n) is 5.22. The van der Waals surface area contributed by atoms with Crippen LogP contribution in [0.15, 0.2) is 30.3 Å². The number of carboxylic acid groups (broad SMARTS) is 1. The second-order valence-corrected chi connectivity index (χ2v) is 7.12. The quantitative estimate of drug-likeness (QED) is 0.875. The van der Waals surface area contributed by atoms with Gasteiger partial charge in [0.2, 0.25) is 0 Å². The van der Waals surface area contributed by atoms with Crippen molar-refractivity contribution in [1.29, 1.82) is 0 Å². The van der Waals surface area contributed by atoms with Crippen LogP contribution in [0.3, 0.4) is 0 Å². The first-order valence-electron chi connectivity index (χ1n) is 7.14. The number of amides is 1. The summed E-state index contributed by atoms with van der Waals surface area (Å²) in [4.78, 5) is 26.6. The summed E-state index contributed by atoms with van der Waals surface area (Å²) in [6, 6.07) is 7.80. The highest BCUT2D eigenvalue weighted by molar-refractivity contribution is 7.17. The molecule has 1 aromatic carbocycles. The van der Waals surface area contributed by atoms with Crippen LogP contribution in [0.25, 0.3) is 10.4 Å². The third-order valence-corrected chi connectivity index (χ3v) is 5.56. The van der Waals surface area contributed by atoms with E-state index in [0.29, 0.717) is 21.5 Å². The summed E-state index contributed by atoms with van der Waals surface area (Å²) < 4.78 is 5.16. The van der Waals surface area contributed by atoms with Crippen molar-refractivity contribution in [2.45, 2.75) is 6.04 Å². The smallest absolute Gasteiger partial charge is 0.328 e. The average molecular weight is 386 g/mol. The molecule has 24 heavy (non-hydrogen) atoms. The SMILES string of the molecule is O=C(O)C1COCCN1C(=O)c1ccc(-c2ccc(Cl)c(Cl)c2)s1. The zero-order valence-electron chi connectivity index (χ0n) is 12.4. The molecule has 1 aliphatic heterocycles. The summed E-state index contributed by atoms with van der Waals surface area (Å²) in [5.41, 5.74) is 0.852. The van der Waals surface area contributed by atoms with E-state index < -0.39 is 12.0 Å². The van der Waals surface area contributed by atoms with Crippen LogP contribution in [0.1, 0.15) is 9.67 Å². The van der Waals surface area contributed by atoms with Gasteiger partial charge in [-0.2, -0.15) is 0 Å². The van der Waals surface area contributed by atoms with Gasteiger partial charge in [-0.05, 0) is 29.8 Å². The number of halogens is 2. The van der Waals surface area contributed by atoms with Crippen LogP contribution in [0.5, 0.6) is 0 Å². The predicted molar refractivity (Wildman–Crippen MR) is 93.1 cm³/mol. The summed E-state index contributed by atoms with van der Waals surface area (Å²) in [6.07, 6.45) is 0. The highest BCUT2D eigenvalue weighted by atomic mass is 35.5. The van der Waals surface area contributed by atoms with Gasteiger partial charge in [0.15, 0.2) is 6.04 Å². The minimum absolute atomic E-state index is 0.00605. The molecule has 1 aliphatic rings. The molecule has 0 saturated carbocycles. The largest absolute Gasteiger partial charge is 0.480 e. The van der Waals surface area contributed by atoms with E-state index in [-0.39, 0.29) is 19.1 Å². The van der Waals surface area contributed by atoms with Crippen molar-refractivity contribution in [2.75, 3.05) is 19.8 Å². The molecule has 0 spiro atoms. The molecule has 1 amide bonds. The van der Waals surface area contributed by atoms with Crippen LogP contribution in [0.4, 0.5) is 0 Å². The van der Waals surface area contributed by atoms with Crippen molar-refractivity contribution in [1.82, 2.24) is 4.90 Å². The van der Waals surface area contributed by atoms with E-state index in [4.69, 9.17) is 27.9 Å². The Labute approximate surface area is 152 Å². The molecule has 1 N–H and O–H groups in total. The van der Waals surface area contributed by atoms with Crippen molar-refractivity contribution >= 4 is 46.4 Å². The zero-order chi connectivity index (χ0) is 17.3. The lowest BCUT2D eigenvalue weighted by Gasteiger charge is -2.32. The van der Waals surface area contributed by atoms with Crippen LogP contribution >= 0.6 is 34.5 Å². The van der Waals surface area contributed by atoms with E-state index in [1.807, 2.05) is 12.1 Å². The first-order chi connectivity index (χ1) is 11.5. The van der Waals surface area contributed by atoms with Crippen molar-refractivity contribution in [3.05, 3.63) is 45.3 Å². The van der Waals surface area contributed by atoms with Crippen LogP contribution < -0.4 is 0 Å². The van der Waals surface area contributed by atoms with Gasteiger partial charge in [0.05, 0.1) is 28.1 Å². The number of benzene rings is 1. The number of nitrogens with zero attached hydrogens (tertiary/aromatic N) is 1. The first-order valence-corrected chi connectivity index (χ1v) is 8.71. The van der Waals surface area contributed by atoms with Crippen molar-refractivity contribution < 1.29 is 19.4 Å². The van der Waals surface area contributed by atoms with E-state index in [1.165, 1.54) is 16.2 Å². The summed E-state index contributed by atoms with van der Waals surface area (Å²) >= 11 is 13.2. The highest BCUT2D eigenvalue weighted by Gasteiger charge is 2.33. The molecule has 5 nitrogen and oxygen atoms in total. The number of rotatable bonds is 3. The Morgan fingerprint density at radius 2 is 2.00 bits per heavy atom. The number of carbonyl (C=O) groups is 2. The van der Waals surface area contributed by atoms with Gasteiger partial charge in [-0.3, -0.25) is 4.79 Å². The summed E-state index contributed by atoms with van der Waals surface area (Å²) in [6.45, 7) is 0.600. The van der Waals surface area contributed by atoms with Gasteiger partial charge in [0, 0.05) is 11.4 Å². The fraction of sp³-hybridized carbons (Fsp3) is 0.250. The maximum absolute atomic E-state index is 12.7. The lowest BCUT2D eigenvalue weighted by Crippen LogP contribution is -2.52. The minimum Gasteiger partial charge on any atom is -0.480 e. The van der Waals surface area contributed by atoms with Crippen LogP contribution in [0.2, 0.25) is 10.0 Å². The number of ether oxygens (including phenoxy) is 1. The minimum atomic E-state index is -1.07. The number of aliphatic carboxylic acids is 1. The Bertz CT molecular complexity index is 792. The first kappa shape index (κ1) is 17.2. The molecule has 1 unspecified atom stereocenters. The third kappa shape index (κ3) is 3.42. The molecule has 0 radical (unpaired) electrons. The maximum atomic E-state index is 12.7. The van der Waals surface area contributed by atoms with E-state index in [0.717, 1.165) is 10.4 Å². The molecular weight excluding hydrogens is 373 g/mol. The van der Waals surface area contributed by atoms with Gasteiger partial charge in [-0.25, -0.2) is 4.79 Å². The standard InChI is InChI=1S/C16H13Cl2NO4S/c17-10-2-1-9(7-11(10)18)13-3-4-14(24-13)15(20)19-5-6-23-8-12(19)16(21)22/h1-4,7,12H,5-6,8H2,(H,21,22). The van der Waals surface area contributed by atoms with E-state index in [9.17, 15) is 14.7 Å². The van der Waals surface area contributed by atoms with Crippen LogP contribution in [0, 0.1) is 0 Å². The Balaban J connectivity index is 1.85. The van der Waals surface area contributed by atoms with Gasteiger partial charge >= 0.3 is 5.97 Å². The molecule has 2 heterocycles. The van der Waals surface area contributed by atoms with Gasteiger partial charge in [-0.1, -0.05) is 29.3 Å². The molecule has 0 bridgehead atoms. The predicted octanol–water partition coefficient (Wildman–Crippen LogP) is 3.65.